The van der Waals surface area contributed by atoms with E-state index in [-0.39, 0.29) is 10.8 Å². The zero-order valence-electron chi connectivity index (χ0n) is 17.2. The van der Waals surface area contributed by atoms with E-state index < -0.39 is 10.0 Å². The number of nitrogens with zero attached hydrogens (tertiary/aromatic N) is 3. The van der Waals surface area contributed by atoms with E-state index in [1.807, 2.05) is 49.5 Å². The van der Waals surface area contributed by atoms with Crippen molar-refractivity contribution in [1.82, 2.24) is 9.21 Å². The van der Waals surface area contributed by atoms with E-state index in [0.29, 0.717) is 31.7 Å². The molecule has 0 saturated carbocycles. The molecule has 0 radical (unpaired) electrons. The third-order valence-corrected chi connectivity index (χ3v) is 7.50. The van der Waals surface area contributed by atoms with Crippen molar-refractivity contribution in [2.75, 3.05) is 45.2 Å². The minimum Gasteiger partial charge on any atom is -0.311 e. The fourth-order valence-electron chi connectivity index (χ4n) is 3.66. The molecule has 1 fully saturated rings. The number of hydrogen-bond donors (Lipinski definition) is 0. The summed E-state index contributed by atoms with van der Waals surface area (Å²) < 4.78 is 27.6. The summed E-state index contributed by atoms with van der Waals surface area (Å²) in [5.41, 5.74) is 1.10. The molecule has 0 bridgehead atoms. The summed E-state index contributed by atoms with van der Waals surface area (Å²) in [6.07, 6.45) is 0. The number of piperazine rings is 1. The van der Waals surface area contributed by atoms with Gasteiger partial charge in [-0.2, -0.15) is 4.31 Å². The maximum Gasteiger partial charge on any atom is 0.258 e. The van der Waals surface area contributed by atoms with Crippen molar-refractivity contribution < 1.29 is 13.2 Å². The minimum absolute atomic E-state index is 0.157. The monoisotopic (exact) mass is 423 g/mol. The average Bonchev–Trinajstić information content (AvgIpc) is 2.78. The molecule has 1 aliphatic heterocycles. The first-order chi connectivity index (χ1) is 14.4. The Morgan fingerprint density at radius 3 is 2.30 bits per heavy atom. The number of benzene rings is 3. The van der Waals surface area contributed by atoms with Crippen LogP contribution in [-0.2, 0) is 10.0 Å². The van der Waals surface area contributed by atoms with E-state index in [2.05, 4.69) is 4.90 Å². The molecule has 1 aliphatic rings. The first kappa shape index (κ1) is 20.5. The second kappa shape index (κ2) is 8.18. The molecule has 0 N–H and O–H groups in total. The number of rotatable bonds is 4. The summed E-state index contributed by atoms with van der Waals surface area (Å²) >= 11 is 0. The molecule has 0 aliphatic carbocycles. The first-order valence-electron chi connectivity index (χ1n) is 9.92. The minimum atomic E-state index is -3.62. The van der Waals surface area contributed by atoms with Crippen molar-refractivity contribution in [2.45, 2.75) is 4.90 Å². The van der Waals surface area contributed by atoms with Crippen LogP contribution in [0.15, 0.2) is 71.6 Å². The quantitative estimate of drug-likeness (QED) is 0.647. The van der Waals surface area contributed by atoms with Gasteiger partial charge in [0.2, 0.25) is 10.0 Å². The summed E-state index contributed by atoms with van der Waals surface area (Å²) in [6, 6.07) is 20.1. The molecule has 0 atom stereocenters. The molecule has 3 aromatic carbocycles. The third-order valence-electron chi connectivity index (χ3n) is 5.61. The number of amides is 1. The highest BCUT2D eigenvalue weighted by Crippen LogP contribution is 2.24. The van der Waals surface area contributed by atoms with Crippen molar-refractivity contribution in [3.8, 4) is 0 Å². The Morgan fingerprint density at radius 1 is 0.867 bits per heavy atom. The highest BCUT2D eigenvalue weighted by molar-refractivity contribution is 7.89. The number of carbonyl (C=O) groups excluding carboxylic acids is 1. The van der Waals surface area contributed by atoms with E-state index in [1.54, 1.807) is 30.1 Å². The van der Waals surface area contributed by atoms with E-state index in [0.717, 1.165) is 16.5 Å². The highest BCUT2D eigenvalue weighted by atomic mass is 32.2. The summed E-state index contributed by atoms with van der Waals surface area (Å²) in [7, 11) is 0.0558. The number of sulfonamides is 1. The fraction of sp³-hybridized carbons (Fsp3) is 0.261. The lowest BCUT2D eigenvalue weighted by Gasteiger charge is -2.31. The summed E-state index contributed by atoms with van der Waals surface area (Å²) in [6.45, 7) is 2.30. The van der Waals surface area contributed by atoms with Gasteiger partial charge >= 0.3 is 0 Å². The second-order valence-electron chi connectivity index (χ2n) is 7.63. The van der Waals surface area contributed by atoms with Crippen LogP contribution in [-0.4, -0.2) is 63.8 Å². The predicted octanol–water partition coefficient (Wildman–Crippen LogP) is 3.05. The Bertz CT molecular complexity index is 1190. The second-order valence-corrected chi connectivity index (χ2v) is 9.57. The largest absolute Gasteiger partial charge is 0.311 e. The lowest BCUT2D eigenvalue weighted by Crippen LogP contribution is -2.47. The standard InChI is InChI=1S/C23H25N3O3S/c1-24-12-14-26(15-13-24)30(28,29)22-9-5-8-20(17-22)23(27)25(2)21-11-10-18-6-3-4-7-19(18)16-21/h3-11,16-17H,12-15H2,1-2H3. The Labute approximate surface area is 177 Å². The van der Waals surface area contributed by atoms with E-state index in [9.17, 15) is 13.2 Å². The van der Waals surface area contributed by atoms with Gasteiger partial charge in [-0.1, -0.05) is 36.4 Å². The van der Waals surface area contributed by atoms with Crippen LogP contribution < -0.4 is 4.90 Å². The number of anilines is 1. The lowest BCUT2D eigenvalue weighted by atomic mass is 10.1. The first-order valence-corrected chi connectivity index (χ1v) is 11.4. The molecule has 7 heteroatoms. The van der Waals surface area contributed by atoms with Crippen molar-refractivity contribution in [3.63, 3.8) is 0 Å². The maximum absolute atomic E-state index is 13.1. The van der Waals surface area contributed by atoms with Gasteiger partial charge in [0, 0.05) is 44.5 Å². The van der Waals surface area contributed by atoms with E-state index >= 15 is 0 Å². The maximum atomic E-state index is 13.1. The molecule has 30 heavy (non-hydrogen) atoms. The van der Waals surface area contributed by atoms with Crippen molar-refractivity contribution in [1.29, 1.82) is 0 Å². The molecular weight excluding hydrogens is 398 g/mol. The molecule has 0 aromatic heterocycles. The molecular formula is C23H25N3O3S. The van der Waals surface area contributed by atoms with Gasteiger partial charge in [0.1, 0.15) is 0 Å². The lowest BCUT2D eigenvalue weighted by molar-refractivity contribution is 0.0993. The van der Waals surface area contributed by atoms with Gasteiger partial charge in [0.25, 0.3) is 5.91 Å². The smallest absolute Gasteiger partial charge is 0.258 e. The highest BCUT2D eigenvalue weighted by Gasteiger charge is 2.28. The van der Waals surface area contributed by atoms with Gasteiger partial charge in [-0.3, -0.25) is 4.79 Å². The van der Waals surface area contributed by atoms with Gasteiger partial charge < -0.3 is 9.80 Å². The Hall–Kier alpha value is -2.74. The van der Waals surface area contributed by atoms with Crippen molar-refractivity contribution >= 4 is 32.4 Å². The third kappa shape index (κ3) is 3.96. The van der Waals surface area contributed by atoms with Gasteiger partial charge in [-0.05, 0) is 48.2 Å². The predicted molar refractivity (Wildman–Crippen MR) is 119 cm³/mol. The summed E-state index contributed by atoms with van der Waals surface area (Å²) in [5, 5.41) is 2.14. The zero-order chi connectivity index (χ0) is 21.3. The zero-order valence-corrected chi connectivity index (χ0v) is 18.0. The van der Waals surface area contributed by atoms with E-state index in [4.69, 9.17) is 0 Å². The van der Waals surface area contributed by atoms with Crippen LogP contribution in [0.25, 0.3) is 10.8 Å². The van der Waals surface area contributed by atoms with Crippen LogP contribution in [0.3, 0.4) is 0 Å². The van der Waals surface area contributed by atoms with E-state index in [1.165, 1.54) is 10.4 Å². The van der Waals surface area contributed by atoms with Crippen LogP contribution in [0.5, 0.6) is 0 Å². The summed E-state index contributed by atoms with van der Waals surface area (Å²) in [5.74, 6) is -0.249. The average molecular weight is 424 g/mol. The molecule has 3 aromatic rings. The Kier molecular flexibility index (Phi) is 5.60. The fourth-order valence-corrected chi connectivity index (χ4v) is 5.13. The number of likely N-dealkylation sites (N-methyl/N-ethyl adjacent to an activating group) is 1. The van der Waals surface area contributed by atoms with Crippen LogP contribution in [0.4, 0.5) is 5.69 Å². The van der Waals surface area contributed by atoms with Crippen molar-refractivity contribution in [2.24, 2.45) is 0 Å². The van der Waals surface area contributed by atoms with Crippen LogP contribution in [0.2, 0.25) is 0 Å². The molecule has 156 valence electrons. The topological polar surface area (TPSA) is 60.9 Å². The molecule has 1 heterocycles. The van der Waals surface area contributed by atoms with Gasteiger partial charge in [0.05, 0.1) is 4.90 Å². The molecule has 0 spiro atoms. The molecule has 4 rings (SSSR count). The number of hydrogen-bond acceptors (Lipinski definition) is 4. The summed E-state index contributed by atoms with van der Waals surface area (Å²) in [4.78, 5) is 16.9. The molecule has 0 unspecified atom stereocenters. The van der Waals surface area contributed by atoms with Gasteiger partial charge in [-0.15, -0.1) is 0 Å². The number of carbonyl (C=O) groups is 1. The molecule has 6 nitrogen and oxygen atoms in total. The van der Waals surface area contributed by atoms with Crippen LogP contribution in [0, 0.1) is 0 Å². The number of fused-ring (bicyclic) bond motifs is 1. The Balaban J connectivity index is 1.60. The SMILES string of the molecule is CN1CCN(S(=O)(=O)c2cccc(C(=O)N(C)c3ccc4ccccc4c3)c2)CC1. The van der Waals surface area contributed by atoms with Crippen molar-refractivity contribution in [3.05, 3.63) is 72.3 Å². The molecule has 1 saturated heterocycles. The Morgan fingerprint density at radius 2 is 1.57 bits per heavy atom. The molecule has 1 amide bonds. The van der Waals surface area contributed by atoms with Crippen LogP contribution in [0.1, 0.15) is 10.4 Å². The normalized spacial score (nSPS) is 15.9. The van der Waals surface area contributed by atoms with Gasteiger partial charge in [-0.25, -0.2) is 8.42 Å². The van der Waals surface area contributed by atoms with Gasteiger partial charge in [0.15, 0.2) is 0 Å². The van der Waals surface area contributed by atoms with Crippen LogP contribution >= 0.6 is 0 Å².